The first-order valence-electron chi connectivity index (χ1n) is 10.3. The summed E-state index contributed by atoms with van der Waals surface area (Å²) in [7, 11) is 3.54. The smallest absolute Gasteiger partial charge is 0.251 e. The van der Waals surface area contributed by atoms with Crippen molar-refractivity contribution in [1.29, 1.82) is 0 Å². The quantitative estimate of drug-likeness (QED) is 0.371. The van der Waals surface area contributed by atoms with E-state index in [2.05, 4.69) is 16.0 Å². The van der Waals surface area contributed by atoms with E-state index in [1.165, 1.54) is 0 Å². The Morgan fingerprint density at radius 2 is 1.71 bits per heavy atom. The molecular formula is C23H25N5O2S. The fraction of sp³-hybridized carbons (Fsp3) is 0.261. The Kier molecular flexibility index (Phi) is 6.29. The summed E-state index contributed by atoms with van der Waals surface area (Å²) in [6.45, 7) is 1.63. The maximum atomic E-state index is 12.4. The molecule has 0 spiro atoms. The first-order chi connectivity index (χ1) is 15.1. The molecule has 0 saturated heterocycles. The number of benzene rings is 2. The number of carbonyl (C=O) groups is 2. The second-order valence-corrected chi connectivity index (χ2v) is 8.30. The van der Waals surface area contributed by atoms with Crippen LogP contribution in [-0.2, 0) is 0 Å². The molecule has 0 saturated carbocycles. The summed E-state index contributed by atoms with van der Waals surface area (Å²) >= 11 is 1.55. The summed E-state index contributed by atoms with van der Waals surface area (Å²) in [5, 5.41) is 8.71. The Hall–Kier alpha value is -3.23. The van der Waals surface area contributed by atoms with Gasteiger partial charge in [-0.05, 0) is 56.8 Å². The number of imidazole rings is 1. The summed E-state index contributed by atoms with van der Waals surface area (Å²) in [5.41, 5.74) is 4.10. The molecule has 160 valence electrons. The van der Waals surface area contributed by atoms with Gasteiger partial charge in [0.05, 0.1) is 15.9 Å². The lowest BCUT2D eigenvalue weighted by Gasteiger charge is -2.05. The van der Waals surface area contributed by atoms with E-state index in [4.69, 9.17) is 4.98 Å². The number of nitrogens with zero attached hydrogens (tertiary/aromatic N) is 2. The van der Waals surface area contributed by atoms with Crippen LogP contribution in [0.4, 0.5) is 0 Å². The summed E-state index contributed by atoms with van der Waals surface area (Å²) in [5.74, 6) is -0.157. The summed E-state index contributed by atoms with van der Waals surface area (Å²) in [6.07, 6.45) is 3.98. The van der Waals surface area contributed by atoms with Gasteiger partial charge in [-0.2, -0.15) is 0 Å². The van der Waals surface area contributed by atoms with Crippen LogP contribution in [0, 0.1) is 0 Å². The van der Waals surface area contributed by atoms with E-state index in [0.29, 0.717) is 17.7 Å². The number of fused-ring (bicyclic) bond motifs is 3. The highest BCUT2D eigenvalue weighted by molar-refractivity contribution is 7.23. The van der Waals surface area contributed by atoms with Crippen molar-refractivity contribution >= 4 is 38.3 Å². The molecule has 7 nitrogen and oxygen atoms in total. The second-order valence-electron chi connectivity index (χ2n) is 7.29. The first-order valence-corrected chi connectivity index (χ1v) is 11.1. The average Bonchev–Trinajstić information content (AvgIpc) is 3.36. The molecule has 0 aliphatic heterocycles. The zero-order valence-electron chi connectivity index (χ0n) is 17.6. The number of hydrogen-bond donors (Lipinski definition) is 3. The van der Waals surface area contributed by atoms with Crippen molar-refractivity contribution in [3.63, 3.8) is 0 Å². The summed E-state index contributed by atoms with van der Waals surface area (Å²) < 4.78 is 3.06. The molecule has 0 atom stereocenters. The average molecular weight is 436 g/mol. The van der Waals surface area contributed by atoms with Crippen LogP contribution in [-0.4, -0.2) is 48.4 Å². The van der Waals surface area contributed by atoms with E-state index in [0.717, 1.165) is 45.8 Å². The summed E-state index contributed by atoms with van der Waals surface area (Å²) in [4.78, 5) is 29.8. The minimum absolute atomic E-state index is 0.0470. The number of amides is 2. The molecular weight excluding hydrogens is 410 g/mol. The van der Waals surface area contributed by atoms with Crippen molar-refractivity contribution in [2.24, 2.45) is 0 Å². The zero-order valence-corrected chi connectivity index (χ0v) is 18.4. The number of carbonyl (C=O) groups excluding carboxylic acids is 2. The molecule has 2 amide bonds. The Bertz CT molecular complexity index is 1230. The molecule has 0 bridgehead atoms. The predicted molar refractivity (Wildman–Crippen MR) is 125 cm³/mol. The van der Waals surface area contributed by atoms with Crippen LogP contribution < -0.4 is 16.0 Å². The lowest BCUT2D eigenvalue weighted by atomic mass is 10.1. The molecule has 2 aromatic heterocycles. The molecule has 2 heterocycles. The molecule has 4 aromatic rings. The molecule has 31 heavy (non-hydrogen) atoms. The number of rotatable bonds is 8. The molecule has 0 unspecified atom stereocenters. The van der Waals surface area contributed by atoms with E-state index in [9.17, 15) is 9.59 Å². The van der Waals surface area contributed by atoms with Gasteiger partial charge in [0.1, 0.15) is 0 Å². The van der Waals surface area contributed by atoms with Crippen LogP contribution in [0.1, 0.15) is 33.6 Å². The third kappa shape index (κ3) is 4.45. The van der Waals surface area contributed by atoms with Crippen molar-refractivity contribution in [2.45, 2.75) is 12.8 Å². The third-order valence-corrected chi connectivity index (χ3v) is 6.18. The van der Waals surface area contributed by atoms with Gasteiger partial charge in [0.15, 0.2) is 4.96 Å². The Morgan fingerprint density at radius 1 is 0.968 bits per heavy atom. The normalized spacial score (nSPS) is 11.2. The monoisotopic (exact) mass is 435 g/mol. The lowest BCUT2D eigenvalue weighted by molar-refractivity contribution is 0.0948. The predicted octanol–water partition coefficient (Wildman–Crippen LogP) is 3.31. The van der Waals surface area contributed by atoms with Crippen molar-refractivity contribution in [1.82, 2.24) is 25.3 Å². The Labute approximate surface area is 184 Å². The molecule has 0 fully saturated rings. The van der Waals surface area contributed by atoms with Crippen LogP contribution >= 0.6 is 11.3 Å². The van der Waals surface area contributed by atoms with Crippen LogP contribution in [0.25, 0.3) is 26.4 Å². The highest BCUT2D eigenvalue weighted by Gasteiger charge is 2.13. The molecule has 3 N–H and O–H groups in total. The van der Waals surface area contributed by atoms with Crippen LogP contribution in [0.3, 0.4) is 0 Å². The fourth-order valence-corrected chi connectivity index (χ4v) is 4.50. The van der Waals surface area contributed by atoms with E-state index in [1.807, 2.05) is 48.0 Å². The molecule has 0 aliphatic rings. The van der Waals surface area contributed by atoms with Crippen molar-refractivity contribution in [3.05, 3.63) is 59.8 Å². The SMILES string of the molecule is CNCCCCNC(=O)c1ccc2c(c1)sc1nc(-c3ccc(C(=O)NC)cc3)cn12. The number of unbranched alkanes of at least 4 members (excludes halogenated alkanes) is 1. The van der Waals surface area contributed by atoms with Gasteiger partial charge in [-0.3, -0.25) is 14.0 Å². The maximum Gasteiger partial charge on any atom is 0.251 e. The number of hydrogen-bond acceptors (Lipinski definition) is 5. The van der Waals surface area contributed by atoms with E-state index >= 15 is 0 Å². The fourth-order valence-electron chi connectivity index (χ4n) is 3.45. The van der Waals surface area contributed by atoms with E-state index in [1.54, 1.807) is 30.5 Å². The van der Waals surface area contributed by atoms with Crippen molar-refractivity contribution < 1.29 is 9.59 Å². The van der Waals surface area contributed by atoms with Gasteiger partial charge in [0.25, 0.3) is 11.8 Å². The van der Waals surface area contributed by atoms with E-state index in [-0.39, 0.29) is 11.8 Å². The Morgan fingerprint density at radius 3 is 2.45 bits per heavy atom. The van der Waals surface area contributed by atoms with Crippen LogP contribution in [0.2, 0.25) is 0 Å². The van der Waals surface area contributed by atoms with Crippen molar-refractivity contribution in [3.8, 4) is 11.3 Å². The number of thiazole rings is 1. The maximum absolute atomic E-state index is 12.4. The van der Waals surface area contributed by atoms with Gasteiger partial charge in [-0.15, -0.1) is 0 Å². The number of nitrogens with one attached hydrogen (secondary N) is 3. The zero-order chi connectivity index (χ0) is 21.8. The summed E-state index contributed by atoms with van der Waals surface area (Å²) in [6, 6.07) is 13.1. The van der Waals surface area contributed by atoms with Gasteiger partial charge in [-0.25, -0.2) is 4.98 Å². The van der Waals surface area contributed by atoms with Gasteiger partial charge in [-0.1, -0.05) is 23.5 Å². The molecule has 4 rings (SSSR count). The minimum atomic E-state index is -0.110. The van der Waals surface area contributed by atoms with Gasteiger partial charge >= 0.3 is 0 Å². The molecule has 2 aromatic carbocycles. The second kappa shape index (κ2) is 9.28. The highest BCUT2D eigenvalue weighted by atomic mass is 32.1. The topological polar surface area (TPSA) is 87.5 Å². The van der Waals surface area contributed by atoms with Crippen molar-refractivity contribution in [2.75, 3.05) is 27.2 Å². The lowest BCUT2D eigenvalue weighted by Crippen LogP contribution is -2.25. The standard InChI is InChI=1S/C23H25N5O2S/c1-24-11-3-4-12-26-22(30)17-9-10-19-20(13-17)31-23-27-18(14-28(19)23)15-5-7-16(8-6-15)21(29)25-2/h5-10,13-14,24H,3-4,11-12H2,1-2H3,(H,25,29)(H,26,30). The molecule has 8 heteroatoms. The van der Waals surface area contributed by atoms with Crippen LogP contribution in [0.15, 0.2) is 48.7 Å². The highest BCUT2D eigenvalue weighted by Crippen LogP contribution is 2.30. The minimum Gasteiger partial charge on any atom is -0.355 e. The van der Waals surface area contributed by atoms with Crippen LogP contribution in [0.5, 0.6) is 0 Å². The molecule has 0 radical (unpaired) electrons. The van der Waals surface area contributed by atoms with Gasteiger partial charge in [0, 0.05) is 36.5 Å². The van der Waals surface area contributed by atoms with E-state index < -0.39 is 0 Å². The van der Waals surface area contributed by atoms with Gasteiger partial charge in [0.2, 0.25) is 0 Å². The number of aromatic nitrogens is 2. The first kappa shape index (κ1) is 21.0. The Balaban J connectivity index is 1.52. The van der Waals surface area contributed by atoms with Gasteiger partial charge < -0.3 is 16.0 Å². The largest absolute Gasteiger partial charge is 0.355 e. The molecule has 0 aliphatic carbocycles. The third-order valence-electron chi connectivity index (χ3n) is 5.17.